The Bertz CT molecular complexity index is 715. The second-order valence-electron chi connectivity index (χ2n) is 8.21. The number of nitrogens with two attached hydrogens (primary N) is 1. The third-order valence-corrected chi connectivity index (χ3v) is 8.72. The number of fused-ring (bicyclic) bond motifs is 1. The molecule has 0 aromatic carbocycles. The minimum atomic E-state index is -1.21. The summed E-state index contributed by atoms with van der Waals surface area (Å²) in [5.74, 6) is 2.36. The van der Waals surface area contributed by atoms with Gasteiger partial charge in [-0.15, -0.1) is 0 Å². The monoisotopic (exact) mass is 268 g/mol. The molecule has 5 saturated carbocycles. The molecule has 8 aliphatic rings. The number of nitrogens with one attached hydrogen (secondary N) is 1. The van der Waals surface area contributed by atoms with Gasteiger partial charge < -0.3 is 16.2 Å². The molecule has 1 amide bonds. The highest BCUT2D eigenvalue weighted by Gasteiger charge is 3.03. The van der Waals surface area contributed by atoms with Crippen LogP contribution in [0.5, 0.6) is 0 Å². The molecule has 20 heavy (non-hydrogen) atoms. The molecule has 6 aliphatic carbocycles. The van der Waals surface area contributed by atoms with Gasteiger partial charge in [-0.1, -0.05) is 24.3 Å². The minimum absolute atomic E-state index is 0.0966. The lowest BCUT2D eigenvalue weighted by Crippen LogP contribution is -2.91. The van der Waals surface area contributed by atoms with Crippen molar-refractivity contribution in [2.75, 3.05) is 0 Å². The largest absolute Gasteiger partial charge is 0.379 e. The molecule has 4 nitrogen and oxygen atoms in total. The lowest BCUT2D eigenvalue weighted by molar-refractivity contribution is -0.269. The van der Waals surface area contributed by atoms with E-state index in [0.717, 1.165) is 0 Å². The molecular weight excluding hydrogens is 252 g/mol. The van der Waals surface area contributed by atoms with Gasteiger partial charge >= 0.3 is 0 Å². The first-order chi connectivity index (χ1) is 9.56. The highest BCUT2D eigenvalue weighted by Crippen LogP contribution is 2.97. The van der Waals surface area contributed by atoms with E-state index in [1.807, 2.05) is 6.08 Å². The molecular formula is C16H16N2O2. The second-order valence-corrected chi connectivity index (χ2v) is 8.21. The first-order valence-corrected chi connectivity index (χ1v) is 7.76. The molecule has 4 N–H and O–H groups in total. The van der Waals surface area contributed by atoms with Gasteiger partial charge in [0.05, 0.1) is 0 Å². The van der Waals surface area contributed by atoms with Crippen molar-refractivity contribution in [2.45, 2.75) is 17.7 Å². The zero-order valence-corrected chi connectivity index (χ0v) is 10.9. The number of allylic oxidation sites excluding steroid dienone is 2. The van der Waals surface area contributed by atoms with Crippen LogP contribution in [0.4, 0.5) is 0 Å². The number of hydrogen-bond acceptors (Lipinski definition) is 3. The van der Waals surface area contributed by atoms with E-state index in [9.17, 15) is 9.90 Å². The molecule has 0 radical (unpaired) electrons. The summed E-state index contributed by atoms with van der Waals surface area (Å²) in [5.41, 5.74) is 4.39. The van der Waals surface area contributed by atoms with Crippen molar-refractivity contribution in [1.29, 1.82) is 0 Å². The number of rotatable bonds is 0. The van der Waals surface area contributed by atoms with Crippen molar-refractivity contribution in [3.8, 4) is 0 Å². The molecule has 10 atom stereocenters. The summed E-state index contributed by atoms with van der Waals surface area (Å²) in [6, 6.07) is 0. The molecule has 102 valence electrons. The third kappa shape index (κ3) is 0.444. The summed E-state index contributed by atoms with van der Waals surface area (Å²) in [4.78, 5) is 12.7. The van der Waals surface area contributed by atoms with Gasteiger partial charge in [-0.05, 0) is 30.1 Å². The second kappa shape index (κ2) is 2.04. The first kappa shape index (κ1) is 9.74. The lowest BCUT2D eigenvalue weighted by atomic mass is 9.32. The zero-order valence-electron chi connectivity index (χ0n) is 10.9. The molecule has 0 aromatic heterocycles. The van der Waals surface area contributed by atoms with E-state index in [0.29, 0.717) is 23.7 Å². The van der Waals surface area contributed by atoms with E-state index in [-0.39, 0.29) is 23.2 Å². The number of amides is 1. The maximum absolute atomic E-state index is 12.7. The van der Waals surface area contributed by atoms with Gasteiger partial charge in [-0.25, -0.2) is 0 Å². The average molecular weight is 268 g/mol. The van der Waals surface area contributed by atoms with Crippen LogP contribution in [0.3, 0.4) is 0 Å². The Balaban J connectivity index is 1.74. The predicted molar refractivity (Wildman–Crippen MR) is 68.7 cm³/mol. The topological polar surface area (TPSA) is 75.3 Å². The van der Waals surface area contributed by atoms with Gasteiger partial charge in [0.1, 0.15) is 5.66 Å². The van der Waals surface area contributed by atoms with Crippen LogP contribution < -0.4 is 11.1 Å². The fourth-order valence-electron chi connectivity index (χ4n) is 9.03. The van der Waals surface area contributed by atoms with Crippen LogP contribution in [-0.2, 0) is 4.79 Å². The fourth-order valence-corrected chi connectivity index (χ4v) is 9.03. The molecule has 10 unspecified atom stereocenters. The number of carbonyl (C=O) groups is 1. The number of piperidine rings is 2. The maximum atomic E-state index is 12.7. The summed E-state index contributed by atoms with van der Waals surface area (Å²) in [6.07, 6.45) is 9.65. The Hall–Kier alpha value is -1.13. The van der Waals surface area contributed by atoms with Crippen molar-refractivity contribution in [2.24, 2.45) is 52.1 Å². The standard InChI is InChI=1S/C16H16N2O2/c17-16-11-7-5-6-8-9(7)14(16)4-2-1-3-13(8,14)15(20,10(6)11)12(19)18-16/h1-4,6-11,20H,5,17H2,(H,18,19). The quantitative estimate of drug-likeness (QED) is 0.567. The van der Waals surface area contributed by atoms with Gasteiger partial charge in [-0.3, -0.25) is 4.79 Å². The zero-order chi connectivity index (χ0) is 13.3. The van der Waals surface area contributed by atoms with E-state index in [1.54, 1.807) is 0 Å². The Morgan fingerprint density at radius 2 is 1.75 bits per heavy atom. The summed E-state index contributed by atoms with van der Waals surface area (Å²) >= 11 is 0. The fraction of sp³-hybridized carbons (Fsp3) is 0.688. The smallest absolute Gasteiger partial charge is 0.254 e. The molecule has 2 heterocycles. The molecule has 2 aliphatic heterocycles. The van der Waals surface area contributed by atoms with Crippen LogP contribution in [0.2, 0.25) is 0 Å². The lowest BCUT2D eigenvalue weighted by Gasteiger charge is -2.75. The van der Waals surface area contributed by atoms with Gasteiger partial charge in [-0.2, -0.15) is 0 Å². The van der Waals surface area contributed by atoms with Crippen molar-refractivity contribution in [3.05, 3.63) is 24.3 Å². The van der Waals surface area contributed by atoms with E-state index in [2.05, 4.69) is 23.5 Å². The summed E-state index contributed by atoms with van der Waals surface area (Å²) in [7, 11) is 0. The number of carbonyl (C=O) groups excluding carboxylic acids is 1. The SMILES string of the molecule is NC12NC(=O)C3(O)C4C5CC(C41)C1C5C34C=CC=CC124. The Kier molecular flexibility index (Phi) is 0.996. The van der Waals surface area contributed by atoms with Crippen molar-refractivity contribution >= 4 is 5.91 Å². The minimum Gasteiger partial charge on any atom is -0.379 e. The summed E-state index contributed by atoms with van der Waals surface area (Å²) in [5, 5.41) is 14.6. The van der Waals surface area contributed by atoms with E-state index in [1.165, 1.54) is 6.42 Å². The van der Waals surface area contributed by atoms with Crippen molar-refractivity contribution < 1.29 is 9.90 Å². The van der Waals surface area contributed by atoms with Crippen molar-refractivity contribution in [3.63, 3.8) is 0 Å². The van der Waals surface area contributed by atoms with E-state index >= 15 is 0 Å². The van der Waals surface area contributed by atoms with Crippen LogP contribution in [-0.4, -0.2) is 22.3 Å². The molecule has 4 heteroatoms. The number of aliphatic hydroxyl groups is 1. The highest BCUT2D eigenvalue weighted by molar-refractivity contribution is 5.94. The Morgan fingerprint density at radius 1 is 1.10 bits per heavy atom. The van der Waals surface area contributed by atoms with Crippen LogP contribution in [0.25, 0.3) is 0 Å². The molecule has 2 spiro atoms. The Labute approximate surface area is 116 Å². The molecule has 2 saturated heterocycles. The average Bonchev–Trinajstić information content (AvgIpc) is 2.96. The maximum Gasteiger partial charge on any atom is 0.254 e. The number of hydrogen-bond donors (Lipinski definition) is 3. The van der Waals surface area contributed by atoms with E-state index in [4.69, 9.17) is 5.73 Å². The Morgan fingerprint density at radius 3 is 2.55 bits per heavy atom. The van der Waals surface area contributed by atoms with Gasteiger partial charge in [0.25, 0.3) is 5.91 Å². The normalized spacial score (nSPS) is 78.2. The van der Waals surface area contributed by atoms with Crippen molar-refractivity contribution in [1.82, 2.24) is 5.32 Å². The van der Waals surface area contributed by atoms with E-state index < -0.39 is 16.7 Å². The van der Waals surface area contributed by atoms with Gasteiger partial charge in [0.15, 0.2) is 5.60 Å². The highest BCUT2D eigenvalue weighted by atomic mass is 16.3. The molecule has 7 fully saturated rings. The third-order valence-electron chi connectivity index (χ3n) is 8.72. The first-order valence-electron chi connectivity index (χ1n) is 7.76. The molecule has 4 bridgehead atoms. The summed E-state index contributed by atoms with van der Waals surface area (Å²) in [6.45, 7) is 0. The van der Waals surface area contributed by atoms with Crippen LogP contribution in [0.1, 0.15) is 6.42 Å². The molecule has 0 aromatic rings. The van der Waals surface area contributed by atoms with Gasteiger partial charge in [0, 0.05) is 22.7 Å². The van der Waals surface area contributed by atoms with Crippen LogP contribution in [0, 0.1) is 46.3 Å². The molecule has 8 rings (SSSR count). The van der Waals surface area contributed by atoms with Crippen LogP contribution >= 0.6 is 0 Å². The van der Waals surface area contributed by atoms with Crippen LogP contribution in [0.15, 0.2) is 24.3 Å². The predicted octanol–water partition coefficient (Wildman–Crippen LogP) is -0.244. The summed E-state index contributed by atoms with van der Waals surface area (Å²) < 4.78 is 0. The van der Waals surface area contributed by atoms with Gasteiger partial charge in [0.2, 0.25) is 0 Å².